The zero-order valence-corrected chi connectivity index (χ0v) is 13.6. The largest absolute Gasteiger partial charge is 0.271 e. The molecule has 0 radical (unpaired) electrons. The Kier molecular flexibility index (Phi) is 5.39. The van der Waals surface area contributed by atoms with Crippen LogP contribution in [0.4, 0.5) is 4.39 Å². The Morgan fingerprint density at radius 1 is 1.29 bits per heavy atom. The minimum absolute atomic E-state index is 0.161. The van der Waals surface area contributed by atoms with Gasteiger partial charge in [-0.3, -0.25) is 11.3 Å². The number of hydrazine groups is 1. The highest BCUT2D eigenvalue weighted by Gasteiger charge is 2.41. The Labute approximate surface area is 128 Å². The molecular formula is C18H29FN2. The summed E-state index contributed by atoms with van der Waals surface area (Å²) in [6.45, 7) is 6.56. The Hall–Kier alpha value is -0.930. The van der Waals surface area contributed by atoms with Crippen molar-refractivity contribution in [3.05, 3.63) is 35.1 Å². The summed E-state index contributed by atoms with van der Waals surface area (Å²) in [5.41, 5.74) is 5.61. The van der Waals surface area contributed by atoms with Gasteiger partial charge in [0.1, 0.15) is 5.82 Å². The summed E-state index contributed by atoms with van der Waals surface area (Å²) in [7, 11) is 0. The van der Waals surface area contributed by atoms with Crippen LogP contribution >= 0.6 is 0 Å². The van der Waals surface area contributed by atoms with E-state index in [1.54, 1.807) is 12.1 Å². The summed E-state index contributed by atoms with van der Waals surface area (Å²) in [4.78, 5) is 0. The van der Waals surface area contributed by atoms with Crippen molar-refractivity contribution in [3.8, 4) is 0 Å². The molecule has 3 N–H and O–H groups in total. The average molecular weight is 292 g/mol. The number of nitrogens with two attached hydrogens (primary N) is 1. The van der Waals surface area contributed by atoms with Crippen LogP contribution in [0.5, 0.6) is 0 Å². The second kappa shape index (κ2) is 6.89. The van der Waals surface area contributed by atoms with Gasteiger partial charge in [-0.1, -0.05) is 32.8 Å². The zero-order chi connectivity index (χ0) is 15.5. The summed E-state index contributed by atoms with van der Waals surface area (Å²) in [6.07, 6.45) is 7.19. The predicted molar refractivity (Wildman–Crippen MR) is 86.3 cm³/mol. The standard InChI is InChI=1S/C18H29FN2/c1-13(2)12-18(8-4-5-9-18)17(21-20)11-15-6-7-16(19)10-14(15)3/h6-7,10,13,17,21H,4-5,8-9,11-12,20H2,1-3H3. The first-order chi connectivity index (χ1) is 9.97. The lowest BCUT2D eigenvalue weighted by molar-refractivity contribution is 0.154. The maximum Gasteiger partial charge on any atom is 0.123 e. The van der Waals surface area contributed by atoms with E-state index in [1.165, 1.54) is 37.7 Å². The van der Waals surface area contributed by atoms with E-state index in [4.69, 9.17) is 5.84 Å². The second-order valence-electron chi connectivity index (χ2n) is 7.16. The molecule has 0 saturated heterocycles. The molecule has 2 nitrogen and oxygen atoms in total. The van der Waals surface area contributed by atoms with E-state index >= 15 is 0 Å². The van der Waals surface area contributed by atoms with E-state index in [0.29, 0.717) is 11.3 Å². The summed E-state index contributed by atoms with van der Waals surface area (Å²) >= 11 is 0. The molecule has 1 fully saturated rings. The maximum absolute atomic E-state index is 13.3. The van der Waals surface area contributed by atoms with Crippen LogP contribution in [0, 0.1) is 24.1 Å². The number of rotatable bonds is 6. The van der Waals surface area contributed by atoms with Crippen molar-refractivity contribution in [1.82, 2.24) is 5.43 Å². The van der Waals surface area contributed by atoms with Crippen LogP contribution in [0.3, 0.4) is 0 Å². The van der Waals surface area contributed by atoms with Crippen molar-refractivity contribution in [1.29, 1.82) is 0 Å². The second-order valence-corrected chi connectivity index (χ2v) is 7.16. The van der Waals surface area contributed by atoms with Crippen LogP contribution in [0.15, 0.2) is 18.2 Å². The Balaban J connectivity index is 2.20. The van der Waals surface area contributed by atoms with Crippen LogP contribution in [-0.2, 0) is 6.42 Å². The van der Waals surface area contributed by atoms with E-state index in [2.05, 4.69) is 19.3 Å². The maximum atomic E-state index is 13.3. The molecule has 21 heavy (non-hydrogen) atoms. The van der Waals surface area contributed by atoms with E-state index in [-0.39, 0.29) is 11.9 Å². The third-order valence-electron chi connectivity index (χ3n) is 5.08. The lowest BCUT2D eigenvalue weighted by atomic mass is 9.71. The third kappa shape index (κ3) is 3.83. The first-order valence-electron chi connectivity index (χ1n) is 8.18. The minimum atomic E-state index is -0.161. The zero-order valence-electron chi connectivity index (χ0n) is 13.6. The fourth-order valence-electron chi connectivity index (χ4n) is 4.15. The Morgan fingerprint density at radius 2 is 1.95 bits per heavy atom. The molecule has 1 unspecified atom stereocenters. The van der Waals surface area contributed by atoms with Crippen molar-refractivity contribution >= 4 is 0 Å². The highest BCUT2D eigenvalue weighted by molar-refractivity contribution is 5.28. The molecule has 0 bridgehead atoms. The van der Waals surface area contributed by atoms with Gasteiger partial charge in [-0.15, -0.1) is 0 Å². The van der Waals surface area contributed by atoms with Gasteiger partial charge in [-0.25, -0.2) is 4.39 Å². The molecule has 0 aromatic heterocycles. The lowest BCUT2D eigenvalue weighted by Crippen LogP contribution is -2.49. The van der Waals surface area contributed by atoms with Gasteiger partial charge < -0.3 is 0 Å². The molecule has 118 valence electrons. The molecule has 0 amide bonds. The fourth-order valence-corrected chi connectivity index (χ4v) is 4.15. The summed E-state index contributed by atoms with van der Waals surface area (Å²) in [5, 5.41) is 0. The number of aryl methyl sites for hydroxylation is 1. The van der Waals surface area contributed by atoms with Gasteiger partial charge in [-0.05, 0) is 67.2 Å². The minimum Gasteiger partial charge on any atom is -0.271 e. The normalized spacial score (nSPS) is 19.1. The number of benzene rings is 1. The van der Waals surface area contributed by atoms with E-state index in [0.717, 1.165) is 12.0 Å². The molecule has 1 aliphatic rings. The predicted octanol–water partition coefficient (Wildman–Crippen LogP) is 4.12. The van der Waals surface area contributed by atoms with Crippen LogP contribution in [0.25, 0.3) is 0 Å². The van der Waals surface area contributed by atoms with Crippen LogP contribution in [-0.4, -0.2) is 6.04 Å². The summed E-state index contributed by atoms with van der Waals surface area (Å²) in [5.74, 6) is 6.43. The first-order valence-corrected chi connectivity index (χ1v) is 8.18. The van der Waals surface area contributed by atoms with Gasteiger partial charge >= 0.3 is 0 Å². The SMILES string of the molecule is Cc1cc(F)ccc1CC(NN)C1(CC(C)C)CCCC1. The molecule has 1 aromatic carbocycles. The highest BCUT2D eigenvalue weighted by Crippen LogP contribution is 2.46. The smallest absolute Gasteiger partial charge is 0.123 e. The Morgan fingerprint density at radius 3 is 2.48 bits per heavy atom. The van der Waals surface area contributed by atoms with Gasteiger partial charge in [0.2, 0.25) is 0 Å². The molecule has 3 heteroatoms. The lowest BCUT2D eigenvalue weighted by Gasteiger charge is -2.39. The van der Waals surface area contributed by atoms with Crippen LogP contribution in [0.1, 0.15) is 57.1 Å². The third-order valence-corrected chi connectivity index (χ3v) is 5.08. The molecule has 0 aliphatic heterocycles. The monoisotopic (exact) mass is 292 g/mol. The number of halogens is 1. The van der Waals surface area contributed by atoms with Crippen LogP contribution in [0.2, 0.25) is 0 Å². The fraction of sp³-hybridized carbons (Fsp3) is 0.667. The average Bonchev–Trinajstić information content (AvgIpc) is 2.86. The molecule has 0 heterocycles. The topological polar surface area (TPSA) is 38.0 Å². The van der Waals surface area contributed by atoms with Crippen molar-refractivity contribution in [2.45, 2.75) is 65.3 Å². The molecule has 0 spiro atoms. The number of hydrogen-bond acceptors (Lipinski definition) is 2. The first kappa shape index (κ1) is 16.4. The van der Waals surface area contributed by atoms with Crippen molar-refractivity contribution < 1.29 is 4.39 Å². The van der Waals surface area contributed by atoms with E-state index in [9.17, 15) is 4.39 Å². The quantitative estimate of drug-likeness (QED) is 0.611. The van der Waals surface area contributed by atoms with Gasteiger partial charge in [0.25, 0.3) is 0 Å². The van der Waals surface area contributed by atoms with Crippen LogP contribution < -0.4 is 11.3 Å². The van der Waals surface area contributed by atoms with Gasteiger partial charge in [0.15, 0.2) is 0 Å². The van der Waals surface area contributed by atoms with Gasteiger partial charge in [0.05, 0.1) is 0 Å². The van der Waals surface area contributed by atoms with Crippen molar-refractivity contribution in [2.75, 3.05) is 0 Å². The van der Waals surface area contributed by atoms with Crippen molar-refractivity contribution in [2.24, 2.45) is 17.2 Å². The molecule has 2 rings (SSSR count). The molecule has 1 aliphatic carbocycles. The summed E-state index contributed by atoms with van der Waals surface area (Å²) in [6, 6.07) is 5.35. The Bertz CT molecular complexity index is 464. The molecule has 1 saturated carbocycles. The number of hydrogen-bond donors (Lipinski definition) is 2. The molecular weight excluding hydrogens is 263 g/mol. The van der Waals surface area contributed by atoms with E-state index in [1.807, 2.05) is 13.0 Å². The molecule has 1 aromatic rings. The number of nitrogens with one attached hydrogen (secondary N) is 1. The summed E-state index contributed by atoms with van der Waals surface area (Å²) < 4.78 is 13.3. The van der Waals surface area contributed by atoms with Gasteiger partial charge in [-0.2, -0.15) is 0 Å². The highest BCUT2D eigenvalue weighted by atomic mass is 19.1. The molecule has 1 atom stereocenters. The van der Waals surface area contributed by atoms with Crippen molar-refractivity contribution in [3.63, 3.8) is 0 Å². The van der Waals surface area contributed by atoms with E-state index < -0.39 is 0 Å². The van der Waals surface area contributed by atoms with Gasteiger partial charge in [0, 0.05) is 6.04 Å².